The van der Waals surface area contributed by atoms with Crippen molar-refractivity contribution >= 4 is 23.6 Å². The summed E-state index contributed by atoms with van der Waals surface area (Å²) in [5.41, 5.74) is -0.515. The van der Waals surface area contributed by atoms with Gasteiger partial charge < -0.3 is 10.2 Å². The molecule has 0 fully saturated rings. The molecule has 1 N–H and O–H groups in total. The molecule has 20 heavy (non-hydrogen) atoms. The van der Waals surface area contributed by atoms with E-state index in [1.165, 1.54) is 13.2 Å². The number of halogens is 3. The lowest BCUT2D eigenvalue weighted by Crippen LogP contribution is -2.36. The smallest absolute Gasteiger partial charge is 0.342 e. The largest absolute Gasteiger partial charge is 0.405 e. The van der Waals surface area contributed by atoms with Gasteiger partial charge in [0.1, 0.15) is 23.2 Å². The van der Waals surface area contributed by atoms with Gasteiger partial charge in [0.25, 0.3) is 5.91 Å². The van der Waals surface area contributed by atoms with Crippen molar-refractivity contribution in [1.29, 1.82) is 5.26 Å². The van der Waals surface area contributed by atoms with E-state index in [2.05, 4.69) is 0 Å². The minimum Gasteiger partial charge on any atom is -0.342 e. The Balaban J connectivity index is 5.37. The van der Waals surface area contributed by atoms with Crippen molar-refractivity contribution in [3.63, 3.8) is 0 Å². The van der Waals surface area contributed by atoms with Crippen LogP contribution < -0.4 is 5.32 Å². The highest BCUT2D eigenvalue weighted by Gasteiger charge is 2.29. The van der Waals surface area contributed by atoms with Crippen LogP contribution in [-0.4, -0.2) is 42.2 Å². The molecule has 0 aliphatic carbocycles. The first kappa shape index (κ1) is 18.3. The van der Waals surface area contributed by atoms with Crippen LogP contribution in [0.3, 0.4) is 0 Å². The van der Waals surface area contributed by atoms with E-state index in [1.807, 2.05) is 0 Å². The van der Waals surface area contributed by atoms with Crippen LogP contribution in [0.25, 0.3) is 0 Å². The summed E-state index contributed by atoms with van der Waals surface area (Å²) in [6.07, 6.45) is -3.05. The third-order valence-electron chi connectivity index (χ3n) is 2.14. The number of carbonyl (C=O) groups is 2. The van der Waals surface area contributed by atoms with Crippen LogP contribution in [-0.2, 0) is 9.59 Å². The molecule has 0 saturated heterocycles. The number of alkyl halides is 3. The standard InChI is InChI=1S/C11H14F3N3O2S/c1-4-17(7(2)18)10(20-3)8(5-15)9(19)16-6-11(12,13)14/h4,6H2,1-3H3,(H,16,19)/b10-8-. The van der Waals surface area contributed by atoms with Crippen LogP contribution in [0.15, 0.2) is 10.6 Å². The van der Waals surface area contributed by atoms with Crippen LogP contribution in [0.2, 0.25) is 0 Å². The summed E-state index contributed by atoms with van der Waals surface area (Å²) in [5, 5.41) is 10.6. The molecule has 0 aromatic heterocycles. The molecule has 0 bridgehead atoms. The molecule has 0 atom stereocenters. The summed E-state index contributed by atoms with van der Waals surface area (Å²) in [6, 6.07) is 1.54. The molecule has 0 heterocycles. The minimum atomic E-state index is -4.57. The van der Waals surface area contributed by atoms with Gasteiger partial charge in [-0.2, -0.15) is 18.4 Å². The number of hydrogen-bond donors (Lipinski definition) is 1. The zero-order chi connectivity index (χ0) is 15.9. The van der Waals surface area contributed by atoms with Gasteiger partial charge in [-0.3, -0.25) is 9.59 Å². The molecule has 0 saturated carbocycles. The number of thioether (sulfide) groups is 1. The zero-order valence-corrected chi connectivity index (χ0v) is 12.0. The molecule has 0 aromatic carbocycles. The molecule has 2 amide bonds. The SMILES string of the molecule is CCN(C(C)=O)/C(SC)=C(\C#N)C(=O)NCC(F)(F)F. The van der Waals surface area contributed by atoms with Crippen molar-refractivity contribution in [2.24, 2.45) is 0 Å². The Labute approximate surface area is 118 Å². The number of carbonyl (C=O) groups excluding carboxylic acids is 2. The van der Waals surface area contributed by atoms with Gasteiger partial charge in [-0.1, -0.05) is 0 Å². The van der Waals surface area contributed by atoms with E-state index in [0.717, 1.165) is 16.7 Å². The maximum absolute atomic E-state index is 12.0. The van der Waals surface area contributed by atoms with E-state index in [4.69, 9.17) is 5.26 Å². The lowest BCUT2D eigenvalue weighted by Gasteiger charge is -2.22. The molecule has 0 aliphatic heterocycles. The van der Waals surface area contributed by atoms with E-state index < -0.39 is 30.1 Å². The fraction of sp³-hybridized carbons (Fsp3) is 0.545. The Morgan fingerprint density at radius 3 is 2.25 bits per heavy atom. The van der Waals surface area contributed by atoms with E-state index in [9.17, 15) is 22.8 Å². The highest BCUT2D eigenvalue weighted by Crippen LogP contribution is 2.22. The number of nitriles is 1. The van der Waals surface area contributed by atoms with Crippen LogP contribution in [0.1, 0.15) is 13.8 Å². The topological polar surface area (TPSA) is 73.2 Å². The minimum absolute atomic E-state index is 0.0298. The fourth-order valence-corrected chi connectivity index (χ4v) is 2.14. The maximum Gasteiger partial charge on any atom is 0.405 e. The predicted molar refractivity (Wildman–Crippen MR) is 68.3 cm³/mol. The van der Waals surface area contributed by atoms with Crippen molar-refractivity contribution in [3.05, 3.63) is 10.6 Å². The Hall–Kier alpha value is -1.69. The average Bonchev–Trinajstić information content (AvgIpc) is 2.34. The third-order valence-corrected chi connectivity index (χ3v) is 2.95. The molecular weight excluding hydrogens is 295 g/mol. The van der Waals surface area contributed by atoms with E-state index in [0.29, 0.717) is 0 Å². The first-order chi connectivity index (χ1) is 9.17. The highest BCUT2D eigenvalue weighted by atomic mass is 32.2. The molecule has 9 heteroatoms. The number of nitrogens with one attached hydrogen (secondary N) is 1. The molecule has 0 rings (SSSR count). The summed E-state index contributed by atoms with van der Waals surface area (Å²) in [4.78, 5) is 24.2. The van der Waals surface area contributed by atoms with Gasteiger partial charge in [-0.15, -0.1) is 11.8 Å². The van der Waals surface area contributed by atoms with Gasteiger partial charge in [0, 0.05) is 13.5 Å². The number of hydrogen-bond acceptors (Lipinski definition) is 4. The zero-order valence-electron chi connectivity index (χ0n) is 11.2. The molecule has 0 aromatic rings. The van der Waals surface area contributed by atoms with Crippen LogP contribution in [0.5, 0.6) is 0 Å². The van der Waals surface area contributed by atoms with Crippen molar-refractivity contribution in [1.82, 2.24) is 10.2 Å². The Kier molecular flexibility index (Phi) is 7.13. The Morgan fingerprint density at radius 2 is 1.95 bits per heavy atom. The summed E-state index contributed by atoms with van der Waals surface area (Å²) < 4.78 is 36.1. The molecular formula is C11H14F3N3O2S. The normalized spacial score (nSPS) is 12.2. The monoisotopic (exact) mass is 309 g/mol. The first-order valence-corrected chi connectivity index (χ1v) is 6.71. The second-order valence-electron chi connectivity index (χ2n) is 3.56. The number of rotatable bonds is 5. The highest BCUT2D eigenvalue weighted by molar-refractivity contribution is 8.02. The van der Waals surface area contributed by atoms with Crippen LogP contribution in [0, 0.1) is 11.3 Å². The Bertz CT molecular complexity index is 455. The predicted octanol–water partition coefficient (Wildman–Crippen LogP) is 1.63. The number of amides is 2. The summed E-state index contributed by atoms with van der Waals surface area (Å²) in [7, 11) is 0. The van der Waals surface area contributed by atoms with Crippen molar-refractivity contribution < 1.29 is 22.8 Å². The van der Waals surface area contributed by atoms with E-state index >= 15 is 0 Å². The Morgan fingerprint density at radius 1 is 1.40 bits per heavy atom. The molecule has 0 radical (unpaired) electrons. The second-order valence-corrected chi connectivity index (χ2v) is 4.35. The van der Waals surface area contributed by atoms with Gasteiger partial charge in [0.05, 0.1) is 0 Å². The van der Waals surface area contributed by atoms with Crippen molar-refractivity contribution in [2.75, 3.05) is 19.3 Å². The summed E-state index contributed by atoms with van der Waals surface area (Å²) in [5.74, 6) is -1.57. The van der Waals surface area contributed by atoms with Gasteiger partial charge in [0.15, 0.2) is 0 Å². The number of nitrogens with zero attached hydrogens (tertiary/aromatic N) is 2. The van der Waals surface area contributed by atoms with E-state index in [1.54, 1.807) is 18.3 Å². The molecule has 0 aliphatic rings. The van der Waals surface area contributed by atoms with Crippen molar-refractivity contribution in [3.8, 4) is 6.07 Å². The average molecular weight is 309 g/mol. The lowest BCUT2D eigenvalue weighted by atomic mass is 10.2. The van der Waals surface area contributed by atoms with Crippen molar-refractivity contribution in [2.45, 2.75) is 20.0 Å². The molecule has 112 valence electrons. The van der Waals surface area contributed by atoms with Crippen LogP contribution in [0.4, 0.5) is 13.2 Å². The quantitative estimate of drug-likeness (QED) is 0.619. The molecule has 0 spiro atoms. The molecule has 0 unspecified atom stereocenters. The third kappa shape index (κ3) is 5.52. The van der Waals surface area contributed by atoms with Gasteiger partial charge in [-0.25, -0.2) is 0 Å². The van der Waals surface area contributed by atoms with E-state index in [-0.39, 0.29) is 11.6 Å². The van der Waals surface area contributed by atoms with Gasteiger partial charge in [-0.05, 0) is 13.2 Å². The summed E-state index contributed by atoms with van der Waals surface area (Å²) >= 11 is 0.945. The van der Waals surface area contributed by atoms with Gasteiger partial charge >= 0.3 is 6.18 Å². The molecule has 5 nitrogen and oxygen atoms in total. The van der Waals surface area contributed by atoms with Gasteiger partial charge in [0.2, 0.25) is 5.91 Å². The second kappa shape index (κ2) is 7.79. The maximum atomic E-state index is 12.0. The fourth-order valence-electron chi connectivity index (χ4n) is 1.32. The van der Waals surface area contributed by atoms with Crippen LogP contribution >= 0.6 is 11.8 Å². The summed E-state index contributed by atoms with van der Waals surface area (Å²) in [6.45, 7) is 1.52. The first-order valence-electron chi connectivity index (χ1n) is 5.49. The lowest BCUT2D eigenvalue weighted by molar-refractivity contribution is -0.136.